The highest BCUT2D eigenvalue weighted by Crippen LogP contribution is 2.51. The number of carboxylic acid groups (broad SMARTS) is 1. The molecule has 1 heterocycles. The molecule has 0 spiro atoms. The molecule has 2 N–H and O–H groups in total. The molecule has 37 heavy (non-hydrogen) atoms. The fraction of sp³-hybridized carbons (Fsp3) is 0.231. The summed E-state index contributed by atoms with van der Waals surface area (Å²) < 4.78 is 63.2. The summed E-state index contributed by atoms with van der Waals surface area (Å²) >= 11 is 6.34. The van der Waals surface area contributed by atoms with Gasteiger partial charge in [-0.3, -0.25) is 4.79 Å². The first-order valence-electron chi connectivity index (χ1n) is 10.9. The molecule has 2 atom stereocenters. The van der Waals surface area contributed by atoms with Gasteiger partial charge in [0.15, 0.2) is 12.2 Å². The van der Waals surface area contributed by atoms with Gasteiger partial charge in [0.25, 0.3) is 5.91 Å². The summed E-state index contributed by atoms with van der Waals surface area (Å²) in [6.45, 7) is 0.895. The van der Waals surface area contributed by atoms with Gasteiger partial charge in [0.05, 0.1) is 11.3 Å². The number of carbonyl (C=O) groups excluding carboxylic acids is 1. The zero-order valence-corrected chi connectivity index (χ0v) is 20.2. The second kappa shape index (κ2) is 9.35. The number of ether oxygens (including phenoxy) is 1. The fourth-order valence-corrected chi connectivity index (χ4v) is 4.67. The number of aliphatic hydroxyl groups is 1. The third-order valence-electron chi connectivity index (χ3n) is 6.54. The number of carboxylic acids is 1. The number of rotatable bonds is 5. The van der Waals surface area contributed by atoms with Crippen molar-refractivity contribution in [2.75, 3.05) is 18.6 Å². The molecule has 1 aliphatic heterocycles. The summed E-state index contributed by atoms with van der Waals surface area (Å²) in [5.41, 5.74) is -3.99. The zero-order valence-electron chi connectivity index (χ0n) is 19.4. The van der Waals surface area contributed by atoms with Crippen molar-refractivity contribution < 1.29 is 42.1 Å². The highest BCUT2D eigenvalue weighted by Gasteiger charge is 2.59. The van der Waals surface area contributed by atoms with Crippen LogP contribution in [0.3, 0.4) is 0 Å². The number of nitrogens with zero attached hydrogens (tertiary/aromatic N) is 1. The average molecular weight is 538 g/mol. The number of hydrogen-bond donors (Lipinski definition) is 2. The first kappa shape index (κ1) is 26.4. The van der Waals surface area contributed by atoms with E-state index in [1.54, 1.807) is 0 Å². The van der Waals surface area contributed by atoms with Gasteiger partial charge in [-0.25, -0.2) is 9.18 Å². The minimum Gasteiger partial charge on any atom is -0.482 e. The Morgan fingerprint density at radius 2 is 1.81 bits per heavy atom. The van der Waals surface area contributed by atoms with Gasteiger partial charge in [-0.2, -0.15) is 13.2 Å². The smallest absolute Gasteiger partial charge is 0.422 e. The van der Waals surface area contributed by atoms with E-state index < -0.39 is 41.0 Å². The Balaban J connectivity index is 1.77. The Morgan fingerprint density at radius 1 is 1.11 bits per heavy atom. The third-order valence-corrected chi connectivity index (χ3v) is 6.87. The quantitative estimate of drug-likeness (QED) is 0.405. The largest absolute Gasteiger partial charge is 0.482 e. The predicted molar refractivity (Wildman–Crippen MR) is 128 cm³/mol. The molecular formula is C26H20ClF4NO5. The van der Waals surface area contributed by atoms with Crippen molar-refractivity contribution in [3.8, 4) is 16.9 Å². The lowest BCUT2D eigenvalue weighted by Crippen LogP contribution is -2.47. The molecule has 0 aromatic heterocycles. The number of benzene rings is 3. The van der Waals surface area contributed by atoms with Gasteiger partial charge >= 0.3 is 12.1 Å². The van der Waals surface area contributed by atoms with Crippen LogP contribution in [0.1, 0.15) is 34.3 Å². The molecule has 1 amide bonds. The molecule has 3 aromatic rings. The van der Waals surface area contributed by atoms with Crippen LogP contribution in [0.25, 0.3) is 11.1 Å². The molecule has 3 aromatic carbocycles. The number of alkyl halides is 3. The summed E-state index contributed by atoms with van der Waals surface area (Å²) in [6, 6.07) is 10.5. The minimum atomic E-state index is -5.15. The lowest BCUT2D eigenvalue weighted by Gasteiger charge is -2.38. The second-order valence-electron chi connectivity index (χ2n) is 8.65. The number of halogens is 5. The summed E-state index contributed by atoms with van der Waals surface area (Å²) in [5.74, 6) is -4.06. The summed E-state index contributed by atoms with van der Waals surface area (Å²) in [5, 5.41) is 20.0. The Bertz CT molecular complexity index is 1410. The van der Waals surface area contributed by atoms with Crippen molar-refractivity contribution in [2.24, 2.45) is 0 Å². The van der Waals surface area contributed by atoms with Crippen LogP contribution in [0.2, 0.25) is 5.02 Å². The Labute approximate surface area is 213 Å². The van der Waals surface area contributed by atoms with Crippen molar-refractivity contribution in [1.82, 2.24) is 0 Å². The number of fused-ring (bicyclic) bond motifs is 1. The molecule has 11 heteroatoms. The van der Waals surface area contributed by atoms with Crippen molar-refractivity contribution >= 4 is 29.2 Å². The fourth-order valence-electron chi connectivity index (χ4n) is 4.32. The summed E-state index contributed by atoms with van der Waals surface area (Å²) in [4.78, 5) is 24.2. The number of hydrogen-bond acceptors (Lipinski definition) is 4. The van der Waals surface area contributed by atoms with Crippen LogP contribution in [0.4, 0.5) is 23.2 Å². The van der Waals surface area contributed by atoms with Crippen LogP contribution in [-0.4, -0.2) is 41.9 Å². The first-order valence-corrected chi connectivity index (χ1v) is 11.3. The second-order valence-corrected chi connectivity index (χ2v) is 9.05. The topological polar surface area (TPSA) is 87.1 Å². The van der Waals surface area contributed by atoms with E-state index in [-0.39, 0.29) is 45.3 Å². The van der Waals surface area contributed by atoms with Gasteiger partial charge in [-0.05, 0) is 47.0 Å². The van der Waals surface area contributed by atoms with Crippen molar-refractivity contribution in [3.63, 3.8) is 0 Å². The maximum atomic E-state index is 14.5. The molecule has 0 saturated heterocycles. The number of carbonyl (C=O) groups is 2. The Kier molecular flexibility index (Phi) is 6.68. The molecule has 194 valence electrons. The molecule has 1 aliphatic rings. The van der Waals surface area contributed by atoms with Crippen LogP contribution in [0.15, 0.2) is 54.6 Å². The normalized spacial score (nSPS) is 16.0. The molecule has 0 fully saturated rings. The van der Waals surface area contributed by atoms with Gasteiger partial charge in [0.2, 0.25) is 0 Å². The molecule has 0 saturated carbocycles. The molecule has 0 aliphatic carbocycles. The predicted octanol–water partition coefficient (Wildman–Crippen LogP) is 5.75. The standard InChI is InChI=1S/C26H20ClF4NO5/c1-13(17-6-3-14(9-19(17)27)18-7-4-15(24(34)35)10-20(18)28)25(36,26(29,30)31)16-5-8-22-21(11-16)32(2)23(33)12-37-22/h3-11,13,36H,12H2,1-2H3,(H,34,35). The first-order chi connectivity index (χ1) is 17.3. The lowest BCUT2D eigenvalue weighted by atomic mass is 9.77. The number of anilines is 1. The van der Waals surface area contributed by atoms with Crippen LogP contribution in [0, 0.1) is 5.82 Å². The van der Waals surface area contributed by atoms with Crippen LogP contribution in [0.5, 0.6) is 5.75 Å². The van der Waals surface area contributed by atoms with Crippen molar-refractivity contribution in [1.29, 1.82) is 0 Å². The van der Waals surface area contributed by atoms with Crippen LogP contribution in [-0.2, 0) is 10.4 Å². The van der Waals surface area contributed by atoms with Gasteiger partial charge < -0.3 is 19.8 Å². The van der Waals surface area contributed by atoms with Gasteiger partial charge in [0, 0.05) is 23.6 Å². The summed E-state index contributed by atoms with van der Waals surface area (Å²) in [6.07, 6.45) is -5.15. The highest BCUT2D eigenvalue weighted by atomic mass is 35.5. The number of amides is 1. The lowest BCUT2D eigenvalue weighted by molar-refractivity contribution is -0.274. The zero-order chi connectivity index (χ0) is 27.3. The summed E-state index contributed by atoms with van der Waals surface area (Å²) in [7, 11) is 1.39. The Hall–Kier alpha value is -3.63. The highest BCUT2D eigenvalue weighted by molar-refractivity contribution is 6.31. The van der Waals surface area contributed by atoms with Crippen LogP contribution >= 0.6 is 11.6 Å². The minimum absolute atomic E-state index is 0.000391. The third kappa shape index (κ3) is 4.51. The van der Waals surface area contributed by atoms with E-state index in [4.69, 9.17) is 21.4 Å². The maximum absolute atomic E-state index is 14.5. The van der Waals surface area contributed by atoms with E-state index in [0.717, 1.165) is 30.0 Å². The van der Waals surface area contributed by atoms with Crippen LogP contribution < -0.4 is 9.64 Å². The van der Waals surface area contributed by atoms with E-state index in [9.17, 15) is 32.3 Å². The average Bonchev–Trinajstić information content (AvgIpc) is 2.84. The van der Waals surface area contributed by atoms with E-state index in [1.165, 1.54) is 43.4 Å². The van der Waals surface area contributed by atoms with Gasteiger partial charge in [0.1, 0.15) is 11.6 Å². The van der Waals surface area contributed by atoms with E-state index >= 15 is 0 Å². The van der Waals surface area contributed by atoms with E-state index in [0.29, 0.717) is 0 Å². The molecule has 2 unspecified atom stereocenters. The number of likely N-dealkylation sites (N-methyl/N-ethyl adjacent to an activating group) is 1. The molecule has 6 nitrogen and oxygen atoms in total. The van der Waals surface area contributed by atoms with E-state index in [1.807, 2.05) is 0 Å². The maximum Gasteiger partial charge on any atom is 0.422 e. The molecule has 0 bridgehead atoms. The van der Waals surface area contributed by atoms with E-state index in [2.05, 4.69) is 0 Å². The van der Waals surface area contributed by atoms with Gasteiger partial charge in [-0.15, -0.1) is 0 Å². The molecule has 4 rings (SSSR count). The molecular weight excluding hydrogens is 518 g/mol. The van der Waals surface area contributed by atoms with Gasteiger partial charge in [-0.1, -0.05) is 42.8 Å². The Morgan fingerprint density at radius 3 is 2.41 bits per heavy atom. The monoisotopic (exact) mass is 537 g/mol. The SMILES string of the molecule is CC(c1ccc(-c2ccc(C(=O)O)cc2F)cc1Cl)C(O)(c1ccc2c(c1)N(C)C(=O)CO2)C(F)(F)F. The molecule has 0 radical (unpaired) electrons. The van der Waals surface area contributed by atoms with Crippen molar-refractivity contribution in [2.45, 2.75) is 24.6 Å². The number of aromatic carboxylic acids is 1. The van der Waals surface area contributed by atoms with Crippen molar-refractivity contribution in [3.05, 3.63) is 82.1 Å².